The third-order valence-corrected chi connectivity index (χ3v) is 6.47. The van der Waals surface area contributed by atoms with Crippen LogP contribution in [0.5, 0.6) is 0 Å². The Bertz CT molecular complexity index is 1260. The van der Waals surface area contributed by atoms with Gasteiger partial charge in [-0.05, 0) is 60.2 Å². The summed E-state index contributed by atoms with van der Waals surface area (Å²) in [6, 6.07) is 20.5. The number of benzene rings is 3. The molecule has 8 nitrogen and oxygen atoms in total. The largest absolute Gasteiger partial charge is 0.481 e. The van der Waals surface area contributed by atoms with Gasteiger partial charge in [-0.1, -0.05) is 48.5 Å². The molecule has 3 N–H and O–H groups in total. The van der Waals surface area contributed by atoms with E-state index in [1.165, 1.54) is 12.1 Å². The maximum absolute atomic E-state index is 12.5. The van der Waals surface area contributed by atoms with Crippen molar-refractivity contribution >= 4 is 23.8 Å². The number of aliphatic hydroxyl groups excluding tert-OH is 1. The topological polar surface area (TPSA) is 132 Å². The van der Waals surface area contributed by atoms with E-state index in [9.17, 15) is 29.4 Å². The Morgan fingerprint density at radius 2 is 1.28 bits per heavy atom. The number of aliphatic carboxylic acids is 1. The van der Waals surface area contributed by atoms with Crippen molar-refractivity contribution in [2.45, 2.75) is 25.4 Å². The van der Waals surface area contributed by atoms with Crippen LogP contribution in [0.4, 0.5) is 0 Å². The molecule has 0 fully saturated rings. The van der Waals surface area contributed by atoms with Crippen molar-refractivity contribution in [1.82, 2.24) is 4.90 Å². The number of rotatable bonds is 10. The molecule has 0 aromatic heterocycles. The minimum absolute atomic E-state index is 0.0484. The molecule has 0 radical (unpaired) electrons. The Balaban J connectivity index is 1.34. The Labute approximate surface area is 207 Å². The standard InChI is InChI=1S/C28H25NO7/c30-24(14-7-17-5-8-18(9-6-17)19-10-12-20(13-11-19)27(33)34)23(28(35)36)15-16-29-25(31)21-3-1-2-4-22(21)26(29)32/h1-6,8-13,23-24,30H,7,14-16H2,(H,33,34)(H,35,36). The Kier molecular flexibility index (Phi) is 7.26. The molecule has 0 spiro atoms. The summed E-state index contributed by atoms with van der Waals surface area (Å²) in [6.45, 7) is -0.0876. The van der Waals surface area contributed by atoms with Gasteiger partial charge in [-0.3, -0.25) is 19.3 Å². The number of fused-ring (bicyclic) bond motifs is 1. The highest BCUT2D eigenvalue weighted by Crippen LogP contribution is 2.25. The number of imide groups is 1. The molecule has 2 atom stereocenters. The fraction of sp³-hybridized carbons (Fsp3) is 0.214. The lowest BCUT2D eigenvalue weighted by atomic mass is 9.93. The number of hydrogen-bond donors (Lipinski definition) is 3. The summed E-state index contributed by atoms with van der Waals surface area (Å²) in [5.74, 6) is -4.20. The summed E-state index contributed by atoms with van der Waals surface area (Å²) < 4.78 is 0. The second-order valence-corrected chi connectivity index (χ2v) is 8.73. The SMILES string of the molecule is O=C(O)c1ccc(-c2ccc(CCC(O)C(CCN3C(=O)c4ccccc4C3=O)C(=O)O)cc2)cc1. The van der Waals surface area contributed by atoms with E-state index >= 15 is 0 Å². The van der Waals surface area contributed by atoms with Crippen LogP contribution in [0, 0.1) is 5.92 Å². The lowest BCUT2D eigenvalue weighted by Crippen LogP contribution is -2.36. The quantitative estimate of drug-likeness (QED) is 0.371. The van der Waals surface area contributed by atoms with Gasteiger partial charge in [0.05, 0.1) is 28.7 Å². The zero-order chi connectivity index (χ0) is 25.8. The number of carbonyl (C=O) groups excluding carboxylic acids is 2. The van der Waals surface area contributed by atoms with E-state index in [-0.39, 0.29) is 24.9 Å². The second-order valence-electron chi connectivity index (χ2n) is 8.73. The number of carbonyl (C=O) groups is 4. The monoisotopic (exact) mass is 487 g/mol. The van der Waals surface area contributed by atoms with E-state index in [1.54, 1.807) is 36.4 Å². The number of aliphatic hydroxyl groups is 1. The summed E-state index contributed by atoms with van der Waals surface area (Å²) in [7, 11) is 0. The average molecular weight is 488 g/mol. The van der Waals surface area contributed by atoms with E-state index in [0.717, 1.165) is 21.6 Å². The van der Waals surface area contributed by atoms with Gasteiger partial charge in [0, 0.05) is 6.54 Å². The highest BCUT2D eigenvalue weighted by atomic mass is 16.4. The summed E-state index contributed by atoms with van der Waals surface area (Å²) in [5.41, 5.74) is 3.49. The van der Waals surface area contributed by atoms with Crippen molar-refractivity contribution in [2.75, 3.05) is 6.54 Å². The molecule has 36 heavy (non-hydrogen) atoms. The first-order chi connectivity index (χ1) is 17.3. The molecule has 0 bridgehead atoms. The van der Waals surface area contributed by atoms with Crippen molar-refractivity contribution in [3.05, 3.63) is 95.1 Å². The number of hydrogen-bond acceptors (Lipinski definition) is 5. The predicted molar refractivity (Wildman–Crippen MR) is 131 cm³/mol. The lowest BCUT2D eigenvalue weighted by Gasteiger charge is -2.22. The fourth-order valence-corrected chi connectivity index (χ4v) is 4.38. The Morgan fingerprint density at radius 3 is 1.78 bits per heavy atom. The smallest absolute Gasteiger partial charge is 0.335 e. The number of amides is 2. The third kappa shape index (κ3) is 5.18. The molecule has 3 aromatic rings. The summed E-state index contributed by atoms with van der Waals surface area (Å²) >= 11 is 0. The molecular weight excluding hydrogens is 462 g/mol. The molecule has 4 rings (SSSR count). The van der Waals surface area contributed by atoms with E-state index in [1.807, 2.05) is 24.3 Å². The first kappa shape index (κ1) is 24.8. The van der Waals surface area contributed by atoms with Gasteiger partial charge in [-0.25, -0.2) is 4.79 Å². The predicted octanol–water partition coefficient (Wildman–Crippen LogP) is 3.73. The highest BCUT2D eigenvalue weighted by molar-refractivity contribution is 6.21. The third-order valence-electron chi connectivity index (χ3n) is 6.47. The molecule has 2 amide bonds. The maximum Gasteiger partial charge on any atom is 0.335 e. The number of carboxylic acids is 2. The zero-order valence-electron chi connectivity index (χ0n) is 19.3. The van der Waals surface area contributed by atoms with Crippen LogP contribution < -0.4 is 0 Å². The van der Waals surface area contributed by atoms with Gasteiger partial charge in [0.1, 0.15) is 0 Å². The van der Waals surface area contributed by atoms with Crippen LogP contribution in [0.2, 0.25) is 0 Å². The normalized spacial score (nSPS) is 14.4. The Hall–Kier alpha value is -4.30. The van der Waals surface area contributed by atoms with Crippen LogP contribution in [-0.4, -0.2) is 56.6 Å². The first-order valence-corrected chi connectivity index (χ1v) is 11.5. The summed E-state index contributed by atoms with van der Waals surface area (Å²) in [4.78, 5) is 48.9. The van der Waals surface area contributed by atoms with Gasteiger partial charge in [0.25, 0.3) is 11.8 Å². The molecule has 0 saturated heterocycles. The molecule has 2 unspecified atom stereocenters. The van der Waals surface area contributed by atoms with Gasteiger partial charge in [-0.15, -0.1) is 0 Å². The van der Waals surface area contributed by atoms with Crippen molar-refractivity contribution in [3.63, 3.8) is 0 Å². The van der Waals surface area contributed by atoms with Crippen LogP contribution in [0.15, 0.2) is 72.8 Å². The number of carboxylic acid groups (broad SMARTS) is 2. The van der Waals surface area contributed by atoms with Gasteiger partial charge in [-0.2, -0.15) is 0 Å². The van der Waals surface area contributed by atoms with Crippen LogP contribution in [0.25, 0.3) is 11.1 Å². The molecule has 1 aliphatic heterocycles. The minimum atomic E-state index is -1.18. The van der Waals surface area contributed by atoms with Gasteiger partial charge < -0.3 is 15.3 Å². The van der Waals surface area contributed by atoms with E-state index < -0.39 is 35.8 Å². The first-order valence-electron chi connectivity index (χ1n) is 11.5. The number of aromatic carboxylic acids is 1. The molecule has 184 valence electrons. The fourth-order valence-electron chi connectivity index (χ4n) is 4.38. The highest BCUT2D eigenvalue weighted by Gasteiger charge is 2.36. The zero-order valence-corrected chi connectivity index (χ0v) is 19.3. The number of aryl methyl sites for hydroxylation is 1. The van der Waals surface area contributed by atoms with Crippen molar-refractivity contribution < 1.29 is 34.5 Å². The molecule has 0 aliphatic carbocycles. The van der Waals surface area contributed by atoms with Crippen molar-refractivity contribution in [3.8, 4) is 11.1 Å². The average Bonchev–Trinajstić information content (AvgIpc) is 3.12. The van der Waals surface area contributed by atoms with Gasteiger partial charge in [0.2, 0.25) is 0 Å². The number of nitrogens with zero attached hydrogens (tertiary/aromatic N) is 1. The van der Waals surface area contributed by atoms with E-state index in [2.05, 4.69) is 0 Å². The van der Waals surface area contributed by atoms with Gasteiger partial charge in [0.15, 0.2) is 0 Å². The van der Waals surface area contributed by atoms with Crippen molar-refractivity contribution in [2.24, 2.45) is 5.92 Å². The van der Waals surface area contributed by atoms with Crippen molar-refractivity contribution in [1.29, 1.82) is 0 Å². The van der Waals surface area contributed by atoms with Crippen LogP contribution >= 0.6 is 0 Å². The van der Waals surface area contributed by atoms with Crippen LogP contribution in [-0.2, 0) is 11.2 Å². The van der Waals surface area contributed by atoms with E-state index in [4.69, 9.17) is 5.11 Å². The molecule has 1 heterocycles. The minimum Gasteiger partial charge on any atom is -0.481 e. The summed E-state index contributed by atoms with van der Waals surface area (Å²) in [6.07, 6.45) is -0.559. The molecule has 0 saturated carbocycles. The summed E-state index contributed by atoms with van der Waals surface area (Å²) in [5, 5.41) is 29.3. The van der Waals surface area contributed by atoms with E-state index in [0.29, 0.717) is 17.5 Å². The molecule has 8 heteroatoms. The van der Waals surface area contributed by atoms with Gasteiger partial charge >= 0.3 is 11.9 Å². The maximum atomic E-state index is 12.5. The Morgan fingerprint density at radius 1 is 0.750 bits per heavy atom. The molecular formula is C28H25NO7. The van der Waals surface area contributed by atoms with Crippen LogP contribution in [0.1, 0.15) is 49.5 Å². The second kappa shape index (κ2) is 10.5. The van der Waals surface area contributed by atoms with Crippen LogP contribution in [0.3, 0.4) is 0 Å². The molecule has 3 aromatic carbocycles. The molecule has 1 aliphatic rings. The lowest BCUT2D eigenvalue weighted by molar-refractivity contribution is -0.146.